The molecule has 0 saturated carbocycles. The summed E-state index contributed by atoms with van der Waals surface area (Å²) in [6.07, 6.45) is 0. The van der Waals surface area contributed by atoms with E-state index in [1.807, 2.05) is 60.7 Å². The van der Waals surface area contributed by atoms with E-state index in [4.69, 9.17) is 0 Å². The minimum Gasteiger partial charge on any atom is -0.233 e. The van der Waals surface area contributed by atoms with Gasteiger partial charge in [-0.25, -0.2) is 47.5 Å². The Morgan fingerprint density at radius 1 is 0.455 bits per heavy atom. The van der Waals surface area contributed by atoms with Gasteiger partial charge in [0, 0.05) is 0 Å². The van der Waals surface area contributed by atoms with Crippen LogP contribution in [0.4, 0.5) is 0 Å². The molecule has 4 rings (SSSR count). The van der Waals surface area contributed by atoms with Crippen LogP contribution in [0, 0.1) is 0 Å². The Labute approximate surface area is 154 Å². The van der Waals surface area contributed by atoms with Crippen molar-refractivity contribution in [2.45, 2.75) is 0 Å². The average molecular weight is 370 g/mol. The van der Waals surface area contributed by atoms with E-state index in [9.17, 15) is 0 Å². The first-order valence-electron chi connectivity index (χ1n) is 6.74. The van der Waals surface area contributed by atoms with Crippen molar-refractivity contribution in [1.29, 1.82) is 0 Å². The molecule has 0 saturated heterocycles. The van der Waals surface area contributed by atoms with Crippen LogP contribution in [0.1, 0.15) is 0 Å². The Balaban J connectivity index is 0.000000316. The van der Waals surface area contributed by atoms with Crippen molar-refractivity contribution in [2.24, 2.45) is 0 Å². The van der Waals surface area contributed by atoms with Gasteiger partial charge in [0.15, 0.2) is 0 Å². The summed E-state index contributed by atoms with van der Waals surface area (Å²) in [6.45, 7) is 0. The molecule has 0 N–H and O–H groups in total. The molecule has 0 aromatic heterocycles. The summed E-state index contributed by atoms with van der Waals surface area (Å²) >= 11 is 0. The average Bonchev–Trinajstić information content (AvgIpc) is 3.35. The Morgan fingerprint density at radius 3 is 1.00 bits per heavy atom. The summed E-state index contributed by atoms with van der Waals surface area (Å²) in [6, 6.07) is 36.7. The Morgan fingerprint density at radius 2 is 0.818 bits per heavy atom. The summed E-state index contributed by atoms with van der Waals surface area (Å²) in [5, 5.41) is 0. The minimum absolute atomic E-state index is 0. The van der Waals surface area contributed by atoms with E-state index in [0.29, 0.717) is 0 Å². The summed E-state index contributed by atoms with van der Waals surface area (Å²) < 4.78 is 0. The molecule has 0 heterocycles. The standard InChI is InChI=1S/C10H8.2C5H5.2Fe/c1-2-6-9(5-1)10-7-3-4-8-10;2*1-2-4-5-3-1;;/h1-8H;2*1-5H;;/q-2;2*-1;2*+2. The molecule has 2 heteroatoms. The summed E-state index contributed by atoms with van der Waals surface area (Å²) in [4.78, 5) is 0. The second kappa shape index (κ2) is 13.1. The molecule has 0 unspecified atom stereocenters. The predicted molar refractivity (Wildman–Crippen MR) is 87.1 cm³/mol. The molecule has 0 amide bonds. The maximum Gasteiger partial charge on any atom is 2.00 e. The fourth-order valence-corrected chi connectivity index (χ4v) is 1.77. The smallest absolute Gasteiger partial charge is 0.233 e. The van der Waals surface area contributed by atoms with Gasteiger partial charge in [-0.05, 0) is 0 Å². The molecule has 0 nitrogen and oxygen atoms in total. The van der Waals surface area contributed by atoms with Gasteiger partial charge in [0.2, 0.25) is 0 Å². The maximum absolute atomic E-state index is 2.12. The van der Waals surface area contributed by atoms with Crippen LogP contribution >= 0.6 is 0 Å². The normalized spacial score (nSPS) is 8.18. The number of rotatable bonds is 1. The minimum atomic E-state index is 0. The van der Waals surface area contributed by atoms with Gasteiger partial charge in [-0.3, -0.25) is 0 Å². The van der Waals surface area contributed by atoms with Crippen LogP contribution in [0.5, 0.6) is 0 Å². The van der Waals surface area contributed by atoms with Crippen molar-refractivity contribution in [3.63, 3.8) is 0 Å². The predicted octanol–water partition coefficient (Wildman–Crippen LogP) is 5.60. The molecule has 0 aliphatic rings. The largest absolute Gasteiger partial charge is 2.00 e. The molecule has 22 heavy (non-hydrogen) atoms. The van der Waals surface area contributed by atoms with Gasteiger partial charge < -0.3 is 0 Å². The van der Waals surface area contributed by atoms with Gasteiger partial charge in [-0.15, -0.1) is 0 Å². The number of hydrogen-bond acceptors (Lipinski definition) is 0. The third-order valence-corrected chi connectivity index (χ3v) is 2.77. The molecular weight excluding hydrogens is 352 g/mol. The van der Waals surface area contributed by atoms with Crippen LogP contribution in [-0.4, -0.2) is 0 Å². The Bertz CT molecular complexity index is 505. The van der Waals surface area contributed by atoms with E-state index in [-0.39, 0.29) is 34.1 Å². The Kier molecular flexibility index (Phi) is 12.2. The molecule has 4 aromatic carbocycles. The van der Waals surface area contributed by atoms with Gasteiger partial charge in [0.05, 0.1) is 0 Å². The zero-order valence-electron chi connectivity index (χ0n) is 12.1. The zero-order valence-corrected chi connectivity index (χ0v) is 14.3. The quantitative estimate of drug-likeness (QED) is 0.302. The second-order valence-electron chi connectivity index (χ2n) is 4.27. The third kappa shape index (κ3) is 8.02. The zero-order chi connectivity index (χ0) is 13.9. The summed E-state index contributed by atoms with van der Waals surface area (Å²) in [7, 11) is 0. The molecule has 0 bridgehead atoms. The van der Waals surface area contributed by atoms with Crippen molar-refractivity contribution in [1.82, 2.24) is 0 Å². The fourth-order valence-electron chi connectivity index (χ4n) is 1.77. The van der Waals surface area contributed by atoms with Crippen molar-refractivity contribution < 1.29 is 34.1 Å². The van der Waals surface area contributed by atoms with Gasteiger partial charge in [-0.1, -0.05) is 0 Å². The molecule has 0 aliphatic carbocycles. The first-order valence-corrected chi connectivity index (χ1v) is 6.74. The van der Waals surface area contributed by atoms with E-state index < -0.39 is 0 Å². The topological polar surface area (TPSA) is 0 Å². The van der Waals surface area contributed by atoms with Gasteiger partial charge >= 0.3 is 34.1 Å². The Hall–Kier alpha value is -1.56. The molecule has 0 radical (unpaired) electrons. The SMILES string of the molecule is [Fe+2].[Fe+2].c1c[cH-]c(-c2ccc[cH-]2)c1.c1cc[cH-]c1.c1cc[cH-]c1. The molecule has 0 aliphatic heterocycles. The molecule has 4 aromatic rings. The summed E-state index contributed by atoms with van der Waals surface area (Å²) in [5.41, 5.74) is 2.62. The third-order valence-electron chi connectivity index (χ3n) is 2.77. The molecule has 114 valence electrons. The van der Waals surface area contributed by atoms with Crippen LogP contribution in [0.25, 0.3) is 11.1 Å². The van der Waals surface area contributed by atoms with Gasteiger partial charge in [-0.2, -0.15) is 72.8 Å². The van der Waals surface area contributed by atoms with E-state index in [0.717, 1.165) is 0 Å². The second-order valence-corrected chi connectivity index (χ2v) is 4.27. The van der Waals surface area contributed by atoms with Crippen LogP contribution < -0.4 is 0 Å². The first-order chi connectivity index (χ1) is 9.97. The van der Waals surface area contributed by atoms with Crippen molar-refractivity contribution in [3.05, 3.63) is 109 Å². The number of hydrogen-bond donors (Lipinski definition) is 0. The molecule has 0 fully saturated rings. The van der Waals surface area contributed by atoms with E-state index in [2.05, 4.69) is 48.5 Å². The van der Waals surface area contributed by atoms with Gasteiger partial charge in [0.1, 0.15) is 0 Å². The summed E-state index contributed by atoms with van der Waals surface area (Å²) in [5.74, 6) is 0. The molecular formula is C20H18Fe2. The molecule has 0 atom stereocenters. The van der Waals surface area contributed by atoms with Gasteiger partial charge in [0.25, 0.3) is 0 Å². The van der Waals surface area contributed by atoms with E-state index in [1.54, 1.807) is 0 Å². The fraction of sp³-hybridized carbons (Fsp3) is 0. The van der Waals surface area contributed by atoms with Crippen molar-refractivity contribution >= 4 is 0 Å². The van der Waals surface area contributed by atoms with Crippen LogP contribution in [0.2, 0.25) is 0 Å². The maximum atomic E-state index is 2.12. The molecule has 0 spiro atoms. The monoisotopic (exact) mass is 370 g/mol. The van der Waals surface area contributed by atoms with Crippen molar-refractivity contribution in [3.8, 4) is 11.1 Å². The van der Waals surface area contributed by atoms with Crippen molar-refractivity contribution in [2.75, 3.05) is 0 Å². The van der Waals surface area contributed by atoms with Crippen LogP contribution in [-0.2, 0) is 34.1 Å². The van der Waals surface area contributed by atoms with Crippen LogP contribution in [0.15, 0.2) is 109 Å². The van der Waals surface area contributed by atoms with E-state index in [1.165, 1.54) is 11.1 Å². The van der Waals surface area contributed by atoms with Crippen LogP contribution in [0.3, 0.4) is 0 Å². The first kappa shape index (κ1) is 20.4. The van der Waals surface area contributed by atoms with E-state index >= 15 is 0 Å².